The van der Waals surface area contributed by atoms with Gasteiger partial charge in [-0.15, -0.1) is 0 Å². The molecule has 0 fully saturated rings. The number of hydrogen-bond acceptors (Lipinski definition) is 4. The Kier molecular flexibility index (Phi) is 5.70. The first-order valence-electron chi connectivity index (χ1n) is 7.15. The normalized spacial score (nSPS) is 11.0. The zero-order valence-electron chi connectivity index (χ0n) is 12.8. The van der Waals surface area contributed by atoms with Crippen molar-refractivity contribution in [2.45, 2.75) is 11.4 Å². The number of carbonyl (C=O) groups excluding carboxylic acids is 1. The number of urea groups is 1. The molecule has 0 radical (unpaired) electrons. The van der Waals surface area contributed by atoms with Crippen molar-refractivity contribution < 1.29 is 13.2 Å². The van der Waals surface area contributed by atoms with Crippen molar-refractivity contribution >= 4 is 15.9 Å². The minimum absolute atomic E-state index is 0.0662. The minimum Gasteiger partial charge on any atom is -0.337 e. The number of hydrogen-bond donors (Lipinski definition) is 1. The maximum Gasteiger partial charge on any atom is 0.317 e. The molecular formula is C16H19N3O3S. The molecule has 0 aliphatic heterocycles. The molecule has 122 valence electrons. The van der Waals surface area contributed by atoms with Crippen LogP contribution in [0.5, 0.6) is 0 Å². The predicted octanol–water partition coefficient (Wildman–Crippen LogP) is 1.70. The third-order valence-corrected chi connectivity index (χ3v) is 5.00. The third kappa shape index (κ3) is 5.07. The van der Waals surface area contributed by atoms with Crippen molar-refractivity contribution in [2.75, 3.05) is 19.3 Å². The van der Waals surface area contributed by atoms with E-state index in [1.54, 1.807) is 49.8 Å². The third-order valence-electron chi connectivity index (χ3n) is 3.27. The number of nitrogens with one attached hydrogen (secondary N) is 1. The highest BCUT2D eigenvalue weighted by Crippen LogP contribution is 2.09. The lowest BCUT2D eigenvalue weighted by Crippen LogP contribution is -2.39. The lowest BCUT2D eigenvalue weighted by molar-refractivity contribution is 0.207. The zero-order valence-corrected chi connectivity index (χ0v) is 13.7. The van der Waals surface area contributed by atoms with Crippen LogP contribution in [-0.4, -0.2) is 43.7 Å². The number of aromatic nitrogens is 1. The van der Waals surface area contributed by atoms with Gasteiger partial charge in [0, 0.05) is 32.5 Å². The first-order chi connectivity index (χ1) is 11.0. The number of sulfone groups is 1. The first-order valence-corrected chi connectivity index (χ1v) is 8.80. The van der Waals surface area contributed by atoms with Crippen LogP contribution in [0.25, 0.3) is 0 Å². The smallest absolute Gasteiger partial charge is 0.317 e. The topological polar surface area (TPSA) is 79.4 Å². The molecule has 1 heterocycles. The zero-order chi connectivity index (χ0) is 16.7. The van der Waals surface area contributed by atoms with Crippen molar-refractivity contribution in [3.63, 3.8) is 0 Å². The molecule has 23 heavy (non-hydrogen) atoms. The van der Waals surface area contributed by atoms with E-state index in [-0.39, 0.29) is 23.2 Å². The Bertz CT molecular complexity index is 734. The molecule has 0 spiro atoms. The molecule has 1 aromatic heterocycles. The van der Waals surface area contributed by atoms with Crippen molar-refractivity contribution in [1.82, 2.24) is 15.2 Å². The Hall–Kier alpha value is -2.41. The van der Waals surface area contributed by atoms with Crippen LogP contribution >= 0.6 is 0 Å². The highest BCUT2D eigenvalue weighted by molar-refractivity contribution is 7.91. The summed E-state index contributed by atoms with van der Waals surface area (Å²) in [6, 6.07) is 11.5. The van der Waals surface area contributed by atoms with Gasteiger partial charge in [0.25, 0.3) is 0 Å². The maximum absolute atomic E-state index is 12.1. The predicted molar refractivity (Wildman–Crippen MR) is 87.6 cm³/mol. The summed E-state index contributed by atoms with van der Waals surface area (Å²) in [5, 5.41) is 2.62. The highest BCUT2D eigenvalue weighted by atomic mass is 32.2. The van der Waals surface area contributed by atoms with Crippen LogP contribution in [0.4, 0.5) is 4.79 Å². The number of carbonyl (C=O) groups is 1. The SMILES string of the molecule is CN(Cc1ccncc1)C(=O)NCCS(=O)(=O)c1ccccc1. The molecule has 0 atom stereocenters. The molecule has 2 aromatic rings. The molecule has 0 unspecified atom stereocenters. The Morgan fingerprint density at radius 3 is 2.43 bits per heavy atom. The summed E-state index contributed by atoms with van der Waals surface area (Å²) in [5.41, 5.74) is 0.953. The van der Waals surface area contributed by atoms with E-state index < -0.39 is 9.84 Å². The quantitative estimate of drug-likeness (QED) is 0.872. The van der Waals surface area contributed by atoms with Gasteiger partial charge in [0.2, 0.25) is 0 Å². The van der Waals surface area contributed by atoms with E-state index in [0.717, 1.165) is 5.56 Å². The van der Waals surface area contributed by atoms with Crippen LogP contribution in [0.2, 0.25) is 0 Å². The molecule has 1 N–H and O–H groups in total. The van der Waals surface area contributed by atoms with Gasteiger partial charge in [-0.05, 0) is 29.8 Å². The fourth-order valence-electron chi connectivity index (χ4n) is 2.01. The number of benzene rings is 1. The molecule has 0 bridgehead atoms. The van der Waals surface area contributed by atoms with Crippen LogP contribution in [0, 0.1) is 0 Å². The largest absolute Gasteiger partial charge is 0.337 e. The maximum atomic E-state index is 12.1. The Morgan fingerprint density at radius 1 is 1.13 bits per heavy atom. The van der Waals surface area contributed by atoms with Crippen LogP contribution in [0.15, 0.2) is 59.8 Å². The number of rotatable bonds is 6. The summed E-state index contributed by atoms with van der Waals surface area (Å²) in [7, 11) is -1.73. The average Bonchev–Trinajstić information content (AvgIpc) is 2.56. The van der Waals surface area contributed by atoms with Crippen LogP contribution in [0.3, 0.4) is 0 Å². The van der Waals surface area contributed by atoms with E-state index in [9.17, 15) is 13.2 Å². The van der Waals surface area contributed by atoms with E-state index in [1.165, 1.54) is 4.90 Å². The summed E-state index contributed by atoms with van der Waals surface area (Å²) in [5.74, 6) is -0.133. The highest BCUT2D eigenvalue weighted by Gasteiger charge is 2.15. The van der Waals surface area contributed by atoms with Gasteiger partial charge in [0.1, 0.15) is 0 Å². The summed E-state index contributed by atoms with van der Waals surface area (Å²) < 4.78 is 24.2. The molecule has 0 saturated heterocycles. The van der Waals surface area contributed by atoms with E-state index in [1.807, 2.05) is 12.1 Å². The second-order valence-corrected chi connectivity index (χ2v) is 7.18. The second kappa shape index (κ2) is 7.73. The summed E-state index contributed by atoms with van der Waals surface area (Å²) in [4.78, 5) is 17.6. The van der Waals surface area contributed by atoms with E-state index in [4.69, 9.17) is 0 Å². The van der Waals surface area contributed by atoms with Gasteiger partial charge in [-0.3, -0.25) is 4.98 Å². The van der Waals surface area contributed by atoms with Gasteiger partial charge in [0.15, 0.2) is 9.84 Å². The summed E-state index contributed by atoms with van der Waals surface area (Å²) >= 11 is 0. The van der Waals surface area contributed by atoms with Crippen molar-refractivity contribution in [3.8, 4) is 0 Å². The van der Waals surface area contributed by atoms with Crippen molar-refractivity contribution in [3.05, 3.63) is 60.4 Å². The Morgan fingerprint density at radius 2 is 1.78 bits per heavy atom. The van der Waals surface area contributed by atoms with Gasteiger partial charge < -0.3 is 10.2 Å². The van der Waals surface area contributed by atoms with Gasteiger partial charge in [0.05, 0.1) is 10.6 Å². The van der Waals surface area contributed by atoms with E-state index in [2.05, 4.69) is 10.3 Å². The molecule has 7 heteroatoms. The lowest BCUT2D eigenvalue weighted by Gasteiger charge is -2.18. The van der Waals surface area contributed by atoms with Crippen LogP contribution in [0.1, 0.15) is 5.56 Å². The van der Waals surface area contributed by atoms with Gasteiger partial charge in [-0.2, -0.15) is 0 Å². The first kappa shape index (κ1) is 17.0. The van der Waals surface area contributed by atoms with Crippen molar-refractivity contribution in [1.29, 1.82) is 0 Å². The van der Waals surface area contributed by atoms with Crippen LogP contribution in [-0.2, 0) is 16.4 Å². The Labute approximate surface area is 136 Å². The lowest BCUT2D eigenvalue weighted by atomic mass is 10.2. The molecule has 0 saturated carbocycles. The standard InChI is InChI=1S/C16H19N3O3S/c1-19(13-14-7-9-17-10-8-14)16(20)18-11-12-23(21,22)15-5-3-2-4-6-15/h2-10H,11-13H2,1H3,(H,18,20). The van der Waals surface area contributed by atoms with E-state index in [0.29, 0.717) is 6.54 Å². The van der Waals surface area contributed by atoms with Gasteiger partial charge in [-0.1, -0.05) is 18.2 Å². The molecule has 0 aliphatic rings. The fraction of sp³-hybridized carbons (Fsp3) is 0.250. The Balaban J connectivity index is 1.83. The molecule has 2 rings (SSSR count). The monoisotopic (exact) mass is 333 g/mol. The fourth-order valence-corrected chi connectivity index (χ4v) is 3.19. The summed E-state index contributed by atoms with van der Waals surface area (Å²) in [6.45, 7) is 0.497. The molecule has 0 aliphatic carbocycles. The molecule has 1 aromatic carbocycles. The molecule has 2 amide bonds. The van der Waals surface area contributed by atoms with Crippen LogP contribution < -0.4 is 5.32 Å². The second-order valence-electron chi connectivity index (χ2n) is 5.08. The summed E-state index contributed by atoms with van der Waals surface area (Å²) in [6.07, 6.45) is 3.32. The van der Waals surface area contributed by atoms with Gasteiger partial charge in [-0.25, -0.2) is 13.2 Å². The molecule has 6 nitrogen and oxygen atoms in total. The number of pyridine rings is 1. The number of nitrogens with zero attached hydrogens (tertiary/aromatic N) is 2. The minimum atomic E-state index is -3.38. The van der Waals surface area contributed by atoms with E-state index >= 15 is 0 Å². The van der Waals surface area contributed by atoms with Gasteiger partial charge >= 0.3 is 6.03 Å². The van der Waals surface area contributed by atoms with Crippen molar-refractivity contribution in [2.24, 2.45) is 0 Å². The number of amides is 2. The average molecular weight is 333 g/mol. The molecular weight excluding hydrogens is 314 g/mol.